The minimum Gasteiger partial charge on any atom is -0.493 e. The van der Waals surface area contributed by atoms with E-state index in [1.165, 1.54) is 0 Å². The van der Waals surface area contributed by atoms with Crippen LogP contribution in [0, 0.1) is 0 Å². The number of ether oxygens (including phenoxy) is 3. The number of benzene rings is 5. The van der Waals surface area contributed by atoms with Crippen LogP contribution in [0.1, 0.15) is 42.4 Å². The minimum absolute atomic E-state index is 0.0724. The van der Waals surface area contributed by atoms with Crippen LogP contribution in [0.25, 0.3) is 22.5 Å². The highest BCUT2D eigenvalue weighted by Crippen LogP contribution is 2.42. The molecule has 0 saturated carbocycles. The van der Waals surface area contributed by atoms with Gasteiger partial charge in [-0.25, -0.2) is 4.79 Å². The molecular weight excluding hydrogens is 665 g/mol. The van der Waals surface area contributed by atoms with Crippen molar-refractivity contribution in [1.82, 2.24) is 25.1 Å². The van der Waals surface area contributed by atoms with E-state index in [9.17, 15) is 4.79 Å². The first-order valence-corrected chi connectivity index (χ1v) is 18.1. The van der Waals surface area contributed by atoms with E-state index in [2.05, 4.69) is 41.7 Å². The second kappa shape index (κ2) is 14.6. The maximum Gasteiger partial charge on any atom is 0.321 e. The molecule has 8 rings (SSSR count). The Balaban J connectivity index is 1.23. The standard InChI is InChI=1S/C43H42N6O4/c1-51-38-22-19-31(29-39(38)52-2)36-21-20-35(44-41(50)48-26-24-42(25-27-48)23-12-28-53-42)30-37(36)40-45-47-49(46-40)43(32-13-6-3-7-14-32,33-15-8-4-9-16-33)34-17-10-5-11-18-34/h3-11,13-22,29-30H,12,23-28H2,1-2H3,(H,44,50). The van der Waals surface area contributed by atoms with Crippen LogP contribution >= 0.6 is 0 Å². The van der Waals surface area contributed by atoms with Crippen LogP contribution in [0.4, 0.5) is 10.5 Å². The van der Waals surface area contributed by atoms with E-state index in [1.54, 1.807) is 19.0 Å². The number of aromatic nitrogens is 4. The van der Waals surface area contributed by atoms with Crippen molar-refractivity contribution in [3.63, 3.8) is 0 Å². The fourth-order valence-electron chi connectivity index (χ4n) is 7.88. The second-order valence-electron chi connectivity index (χ2n) is 13.6. The molecular formula is C43H42N6O4. The number of nitrogens with one attached hydrogen (secondary N) is 1. The maximum atomic E-state index is 13.6. The summed E-state index contributed by atoms with van der Waals surface area (Å²) in [5.41, 5.74) is 4.95. The zero-order valence-electron chi connectivity index (χ0n) is 29.9. The topological polar surface area (TPSA) is 104 Å². The molecule has 0 radical (unpaired) electrons. The largest absolute Gasteiger partial charge is 0.493 e. The Morgan fingerprint density at radius 3 is 1.92 bits per heavy atom. The molecule has 0 unspecified atom stereocenters. The number of nitrogens with zero attached hydrogens (tertiary/aromatic N) is 5. The van der Waals surface area contributed by atoms with Gasteiger partial charge in [-0.15, -0.1) is 15.0 Å². The van der Waals surface area contributed by atoms with Crippen molar-refractivity contribution in [1.29, 1.82) is 0 Å². The Morgan fingerprint density at radius 2 is 1.36 bits per heavy atom. The van der Waals surface area contributed by atoms with Crippen molar-refractivity contribution in [2.24, 2.45) is 0 Å². The maximum absolute atomic E-state index is 13.6. The Kier molecular flexibility index (Phi) is 9.37. The van der Waals surface area contributed by atoms with E-state index >= 15 is 0 Å². The van der Waals surface area contributed by atoms with Crippen LogP contribution in [0.15, 0.2) is 127 Å². The van der Waals surface area contributed by atoms with Crippen molar-refractivity contribution in [2.75, 3.05) is 39.2 Å². The van der Waals surface area contributed by atoms with Gasteiger partial charge in [0.1, 0.15) is 0 Å². The lowest BCUT2D eigenvalue weighted by Crippen LogP contribution is -2.47. The normalized spacial score (nSPS) is 15.3. The van der Waals surface area contributed by atoms with Crippen LogP contribution in [0.5, 0.6) is 11.5 Å². The van der Waals surface area contributed by atoms with Gasteiger partial charge in [0.2, 0.25) is 5.82 Å². The monoisotopic (exact) mass is 706 g/mol. The first-order valence-electron chi connectivity index (χ1n) is 18.1. The molecule has 5 aromatic carbocycles. The second-order valence-corrected chi connectivity index (χ2v) is 13.6. The summed E-state index contributed by atoms with van der Waals surface area (Å²) in [4.78, 5) is 17.2. The van der Waals surface area contributed by atoms with Crippen LogP contribution < -0.4 is 14.8 Å². The molecule has 2 aliphatic rings. The number of carbonyl (C=O) groups excluding carboxylic acids is 1. The summed E-state index contributed by atoms with van der Waals surface area (Å²) >= 11 is 0. The molecule has 6 aromatic rings. The summed E-state index contributed by atoms with van der Waals surface area (Å²) in [5, 5.41) is 17.9. The zero-order valence-corrected chi connectivity index (χ0v) is 29.9. The van der Waals surface area contributed by atoms with Crippen molar-refractivity contribution >= 4 is 11.7 Å². The quantitative estimate of drug-likeness (QED) is 0.152. The Hall–Kier alpha value is -6.00. The van der Waals surface area contributed by atoms with Crippen LogP contribution in [-0.2, 0) is 10.3 Å². The molecule has 2 amide bonds. The highest BCUT2D eigenvalue weighted by Gasteiger charge is 2.42. The smallest absolute Gasteiger partial charge is 0.321 e. The first-order chi connectivity index (χ1) is 26.0. The van der Waals surface area contributed by atoms with Crippen molar-refractivity contribution in [2.45, 2.75) is 36.8 Å². The van der Waals surface area contributed by atoms with Crippen LogP contribution in [0.2, 0.25) is 0 Å². The molecule has 268 valence electrons. The summed E-state index contributed by atoms with van der Waals surface area (Å²) in [5.74, 6) is 1.61. The number of tetrazole rings is 1. The van der Waals surface area contributed by atoms with Crippen molar-refractivity contribution < 1.29 is 19.0 Å². The van der Waals surface area contributed by atoms with E-state index < -0.39 is 5.54 Å². The number of piperidine rings is 1. The van der Waals surface area contributed by atoms with Gasteiger partial charge >= 0.3 is 6.03 Å². The highest BCUT2D eigenvalue weighted by molar-refractivity contribution is 5.92. The molecule has 0 atom stereocenters. The summed E-state index contributed by atoms with van der Waals surface area (Å²) < 4.78 is 17.3. The SMILES string of the molecule is COc1ccc(-c2ccc(NC(=O)N3CCC4(CCCO4)CC3)cc2-c2nnn(C(c3ccccc3)(c3ccccc3)c3ccccc3)n2)cc1OC. The fourth-order valence-corrected chi connectivity index (χ4v) is 7.88. The van der Waals surface area contributed by atoms with E-state index in [4.69, 9.17) is 29.6 Å². The summed E-state index contributed by atoms with van der Waals surface area (Å²) in [6.45, 7) is 2.11. The van der Waals surface area contributed by atoms with E-state index in [1.807, 2.05) is 95.9 Å². The summed E-state index contributed by atoms with van der Waals surface area (Å²) in [7, 11) is 3.23. The number of hydrogen-bond acceptors (Lipinski definition) is 7. The lowest BCUT2D eigenvalue weighted by Gasteiger charge is -2.38. The first kappa shape index (κ1) is 34.1. The van der Waals surface area contributed by atoms with Gasteiger partial charge in [-0.05, 0) is 83.0 Å². The molecule has 2 fully saturated rings. The number of likely N-dealkylation sites (tertiary alicyclic amines) is 1. The molecule has 1 spiro atoms. The highest BCUT2D eigenvalue weighted by atomic mass is 16.5. The van der Waals surface area contributed by atoms with Crippen LogP contribution in [-0.4, -0.2) is 70.7 Å². The van der Waals surface area contributed by atoms with E-state index in [-0.39, 0.29) is 11.6 Å². The zero-order chi connectivity index (χ0) is 36.3. The van der Waals surface area contributed by atoms with Gasteiger partial charge in [0.05, 0.1) is 19.8 Å². The average Bonchev–Trinajstić information content (AvgIpc) is 3.90. The minimum atomic E-state index is -0.945. The molecule has 2 saturated heterocycles. The number of urea groups is 1. The molecule has 53 heavy (non-hydrogen) atoms. The number of rotatable bonds is 9. The lowest BCUT2D eigenvalue weighted by molar-refractivity contribution is -0.0353. The summed E-state index contributed by atoms with van der Waals surface area (Å²) in [6, 6.07) is 42.2. The molecule has 0 bridgehead atoms. The Bertz CT molecular complexity index is 2080. The van der Waals surface area contributed by atoms with Gasteiger partial charge in [0.15, 0.2) is 17.0 Å². The third-order valence-corrected chi connectivity index (χ3v) is 10.6. The van der Waals surface area contributed by atoms with Gasteiger partial charge in [-0.2, -0.15) is 0 Å². The van der Waals surface area contributed by atoms with E-state index in [0.717, 1.165) is 60.1 Å². The molecule has 10 heteroatoms. The van der Waals surface area contributed by atoms with Gasteiger partial charge in [0, 0.05) is 30.9 Å². The molecule has 1 N–H and O–H groups in total. The molecule has 0 aliphatic carbocycles. The number of carbonyl (C=O) groups is 1. The third kappa shape index (κ3) is 6.40. The third-order valence-electron chi connectivity index (χ3n) is 10.6. The van der Waals surface area contributed by atoms with Gasteiger partial charge in [-0.3, -0.25) is 0 Å². The molecule has 10 nitrogen and oxygen atoms in total. The van der Waals surface area contributed by atoms with Gasteiger partial charge in [0.25, 0.3) is 0 Å². The predicted molar refractivity (Wildman–Crippen MR) is 204 cm³/mol. The van der Waals surface area contributed by atoms with Gasteiger partial charge < -0.3 is 24.4 Å². The molecule has 1 aromatic heterocycles. The van der Waals surface area contributed by atoms with E-state index in [0.29, 0.717) is 41.7 Å². The Morgan fingerprint density at radius 1 is 0.736 bits per heavy atom. The lowest BCUT2D eigenvalue weighted by atomic mass is 9.77. The average molecular weight is 707 g/mol. The summed E-state index contributed by atoms with van der Waals surface area (Å²) in [6.07, 6.45) is 3.85. The number of hydrogen-bond donors (Lipinski definition) is 1. The Labute approximate surface area is 309 Å². The van der Waals surface area contributed by atoms with Gasteiger partial charge in [-0.1, -0.05) is 103 Å². The predicted octanol–water partition coefficient (Wildman–Crippen LogP) is 8.04. The van der Waals surface area contributed by atoms with Crippen molar-refractivity contribution in [3.8, 4) is 34.0 Å². The van der Waals surface area contributed by atoms with Crippen molar-refractivity contribution in [3.05, 3.63) is 144 Å². The molecule has 3 heterocycles. The van der Waals surface area contributed by atoms with Crippen LogP contribution in [0.3, 0.4) is 0 Å². The molecule has 2 aliphatic heterocycles. The number of anilines is 1. The number of amides is 2. The number of methoxy groups -OCH3 is 2. The fraction of sp³-hybridized carbons (Fsp3) is 0.256.